The van der Waals surface area contributed by atoms with Gasteiger partial charge in [0.1, 0.15) is 0 Å². The molecular formula is C11H14F3NO2S2. The highest BCUT2D eigenvalue weighted by molar-refractivity contribution is 8.00. The summed E-state index contributed by atoms with van der Waals surface area (Å²) in [6.07, 6.45) is 0. The minimum Gasteiger partial charge on any atom is -0.309 e. The van der Waals surface area contributed by atoms with Crippen molar-refractivity contribution in [2.24, 2.45) is 0 Å². The minimum atomic E-state index is -5.29. The molecule has 0 saturated heterocycles. The van der Waals surface area contributed by atoms with Crippen LogP contribution in [0.5, 0.6) is 0 Å². The Morgan fingerprint density at radius 1 is 1.21 bits per heavy atom. The molecule has 19 heavy (non-hydrogen) atoms. The average molecular weight is 313 g/mol. The standard InChI is InChI=1S/C11H14F3NO2S2/c1-15(2)7-8-18-9-5-3-4-6-10(9)19(16,17)11(12,13)14/h3-6H,7-8H2,1-2H3. The Hall–Kier alpha value is -0.730. The van der Waals surface area contributed by atoms with Crippen LogP contribution in [-0.2, 0) is 9.84 Å². The molecule has 0 unspecified atom stereocenters. The molecule has 0 atom stereocenters. The van der Waals surface area contributed by atoms with Gasteiger partial charge in [0, 0.05) is 17.2 Å². The number of rotatable bonds is 5. The van der Waals surface area contributed by atoms with Gasteiger partial charge < -0.3 is 4.90 Å². The van der Waals surface area contributed by atoms with Crippen LogP contribution in [0, 0.1) is 0 Å². The smallest absolute Gasteiger partial charge is 0.309 e. The molecule has 0 saturated carbocycles. The number of halogens is 3. The van der Waals surface area contributed by atoms with Crippen molar-refractivity contribution in [1.82, 2.24) is 4.90 Å². The molecule has 1 rings (SSSR count). The molecule has 1 aromatic rings. The zero-order valence-corrected chi connectivity index (χ0v) is 12.1. The van der Waals surface area contributed by atoms with Gasteiger partial charge in [-0.15, -0.1) is 11.8 Å². The Balaban J connectivity index is 3.03. The molecule has 0 fully saturated rings. The number of hydrogen-bond donors (Lipinski definition) is 0. The first-order valence-corrected chi connectivity index (χ1v) is 7.81. The van der Waals surface area contributed by atoms with E-state index in [-0.39, 0.29) is 4.90 Å². The molecule has 1 aromatic carbocycles. The highest BCUT2D eigenvalue weighted by atomic mass is 32.2. The third-order valence-electron chi connectivity index (χ3n) is 2.24. The van der Waals surface area contributed by atoms with Crippen molar-refractivity contribution >= 4 is 21.6 Å². The van der Waals surface area contributed by atoms with Crippen LogP contribution in [0.4, 0.5) is 13.2 Å². The van der Waals surface area contributed by atoms with Crippen molar-refractivity contribution in [3.05, 3.63) is 24.3 Å². The Morgan fingerprint density at radius 3 is 2.32 bits per heavy atom. The first-order valence-electron chi connectivity index (χ1n) is 5.34. The third-order valence-corrected chi connectivity index (χ3v) is 4.97. The average Bonchev–Trinajstić information content (AvgIpc) is 2.27. The van der Waals surface area contributed by atoms with Crippen LogP contribution in [0.2, 0.25) is 0 Å². The van der Waals surface area contributed by atoms with E-state index in [4.69, 9.17) is 0 Å². The molecule has 0 bridgehead atoms. The monoisotopic (exact) mass is 313 g/mol. The van der Waals surface area contributed by atoms with Crippen molar-refractivity contribution in [3.8, 4) is 0 Å². The van der Waals surface area contributed by atoms with E-state index in [1.165, 1.54) is 18.2 Å². The molecule has 0 aliphatic carbocycles. The lowest BCUT2D eigenvalue weighted by molar-refractivity contribution is -0.0437. The first-order chi connectivity index (χ1) is 8.66. The van der Waals surface area contributed by atoms with E-state index in [9.17, 15) is 21.6 Å². The van der Waals surface area contributed by atoms with Crippen LogP contribution in [-0.4, -0.2) is 45.2 Å². The van der Waals surface area contributed by atoms with Crippen LogP contribution in [0.25, 0.3) is 0 Å². The number of benzene rings is 1. The minimum absolute atomic E-state index is 0.127. The summed E-state index contributed by atoms with van der Waals surface area (Å²) in [5.74, 6) is 0.511. The summed E-state index contributed by atoms with van der Waals surface area (Å²) >= 11 is 1.10. The van der Waals surface area contributed by atoms with Crippen LogP contribution < -0.4 is 0 Å². The molecule has 0 radical (unpaired) electrons. The molecule has 0 heterocycles. The maximum Gasteiger partial charge on any atom is 0.501 e. The quantitative estimate of drug-likeness (QED) is 0.783. The lowest BCUT2D eigenvalue weighted by Crippen LogP contribution is -2.24. The molecule has 0 N–H and O–H groups in total. The second-order valence-electron chi connectivity index (χ2n) is 4.05. The van der Waals surface area contributed by atoms with Gasteiger partial charge in [-0.3, -0.25) is 0 Å². The number of nitrogens with zero attached hydrogens (tertiary/aromatic N) is 1. The molecule has 3 nitrogen and oxygen atoms in total. The Kier molecular flexibility index (Phi) is 5.28. The maximum absolute atomic E-state index is 12.5. The first kappa shape index (κ1) is 16.3. The van der Waals surface area contributed by atoms with Crippen molar-refractivity contribution in [3.63, 3.8) is 0 Å². The van der Waals surface area contributed by atoms with Crippen LogP contribution in [0.15, 0.2) is 34.1 Å². The number of thioether (sulfide) groups is 1. The van der Waals surface area contributed by atoms with Gasteiger partial charge in [-0.2, -0.15) is 13.2 Å². The van der Waals surface area contributed by atoms with Crippen LogP contribution in [0.3, 0.4) is 0 Å². The van der Waals surface area contributed by atoms with E-state index in [2.05, 4.69) is 0 Å². The maximum atomic E-state index is 12.5. The zero-order chi connectivity index (χ0) is 14.7. The van der Waals surface area contributed by atoms with Crippen molar-refractivity contribution in [1.29, 1.82) is 0 Å². The van der Waals surface area contributed by atoms with E-state index in [0.29, 0.717) is 12.3 Å². The van der Waals surface area contributed by atoms with E-state index in [0.717, 1.165) is 17.8 Å². The molecule has 108 valence electrons. The van der Waals surface area contributed by atoms with Crippen molar-refractivity contribution in [2.45, 2.75) is 15.3 Å². The third kappa shape index (κ3) is 4.12. The van der Waals surface area contributed by atoms with E-state index in [1.54, 1.807) is 0 Å². The summed E-state index contributed by atoms with van der Waals surface area (Å²) in [4.78, 5) is 1.32. The van der Waals surface area contributed by atoms with Gasteiger partial charge in [0.2, 0.25) is 0 Å². The number of alkyl halides is 3. The largest absolute Gasteiger partial charge is 0.501 e. The predicted octanol–water partition coefficient (Wildman–Crippen LogP) is 2.63. The second-order valence-corrected chi connectivity index (χ2v) is 7.09. The highest BCUT2D eigenvalue weighted by Crippen LogP contribution is 2.35. The fourth-order valence-corrected chi connectivity index (χ4v) is 3.66. The SMILES string of the molecule is CN(C)CCSc1ccccc1S(=O)(=O)C(F)(F)F. The number of sulfone groups is 1. The number of hydrogen-bond acceptors (Lipinski definition) is 4. The van der Waals surface area contributed by atoms with Gasteiger partial charge >= 0.3 is 5.51 Å². The van der Waals surface area contributed by atoms with Crippen molar-refractivity contribution in [2.75, 3.05) is 26.4 Å². The fraction of sp³-hybridized carbons (Fsp3) is 0.455. The molecule has 8 heteroatoms. The fourth-order valence-electron chi connectivity index (χ4n) is 1.25. The van der Waals surface area contributed by atoms with Gasteiger partial charge in [-0.25, -0.2) is 8.42 Å². The van der Waals surface area contributed by atoms with E-state index >= 15 is 0 Å². The molecule has 0 aromatic heterocycles. The van der Waals surface area contributed by atoms with Gasteiger partial charge in [0.05, 0.1) is 4.90 Å². The topological polar surface area (TPSA) is 37.4 Å². The second kappa shape index (κ2) is 6.15. The van der Waals surface area contributed by atoms with Crippen molar-refractivity contribution < 1.29 is 21.6 Å². The van der Waals surface area contributed by atoms with Gasteiger partial charge in [0.25, 0.3) is 9.84 Å². The lowest BCUT2D eigenvalue weighted by atomic mass is 10.4. The Bertz CT molecular complexity index is 527. The summed E-state index contributed by atoms with van der Waals surface area (Å²) in [6, 6.07) is 5.18. The Labute approximate surface area is 114 Å². The molecule has 0 aliphatic rings. The summed E-state index contributed by atoms with van der Waals surface area (Å²) in [6.45, 7) is 0.644. The van der Waals surface area contributed by atoms with E-state index < -0.39 is 20.2 Å². The highest BCUT2D eigenvalue weighted by Gasteiger charge is 2.47. The van der Waals surface area contributed by atoms with E-state index in [1.807, 2.05) is 19.0 Å². The predicted molar refractivity (Wildman–Crippen MR) is 69.0 cm³/mol. The molecule has 0 aliphatic heterocycles. The summed E-state index contributed by atoms with van der Waals surface area (Å²) in [5, 5.41) is 0. The van der Waals surface area contributed by atoms with Gasteiger partial charge in [0.15, 0.2) is 0 Å². The summed E-state index contributed by atoms with van der Waals surface area (Å²) in [7, 11) is -1.63. The molecule has 0 spiro atoms. The van der Waals surface area contributed by atoms with Gasteiger partial charge in [-0.05, 0) is 26.2 Å². The molecular weight excluding hydrogens is 299 g/mol. The van der Waals surface area contributed by atoms with Crippen LogP contribution in [0.1, 0.15) is 0 Å². The van der Waals surface area contributed by atoms with Crippen LogP contribution >= 0.6 is 11.8 Å². The lowest BCUT2D eigenvalue weighted by Gasteiger charge is -2.13. The summed E-state index contributed by atoms with van der Waals surface area (Å²) < 4.78 is 60.5. The van der Waals surface area contributed by atoms with Gasteiger partial charge in [-0.1, -0.05) is 12.1 Å². The zero-order valence-electron chi connectivity index (χ0n) is 10.4. The Morgan fingerprint density at radius 2 is 1.79 bits per heavy atom. The molecule has 0 amide bonds. The normalized spacial score (nSPS) is 12.9. The summed E-state index contributed by atoms with van der Waals surface area (Å²) in [5.41, 5.74) is -5.27.